The van der Waals surface area contributed by atoms with Crippen molar-refractivity contribution in [2.75, 3.05) is 5.73 Å². The van der Waals surface area contributed by atoms with Gasteiger partial charge in [-0.05, 0) is 24.6 Å². The molecule has 1 aromatic heterocycles. The van der Waals surface area contributed by atoms with Gasteiger partial charge in [0.15, 0.2) is 0 Å². The summed E-state index contributed by atoms with van der Waals surface area (Å²) in [5, 5.41) is 0.519. The summed E-state index contributed by atoms with van der Waals surface area (Å²) in [5.74, 6) is 0.534. The van der Waals surface area contributed by atoms with E-state index in [-0.39, 0.29) is 6.01 Å². The number of nitrogens with zero attached hydrogens (tertiary/aromatic N) is 2. The van der Waals surface area contributed by atoms with E-state index in [1.807, 2.05) is 19.1 Å². The van der Waals surface area contributed by atoms with Crippen molar-refractivity contribution in [2.45, 2.75) is 6.92 Å². The molecule has 1 heterocycles. The van der Waals surface area contributed by atoms with E-state index in [1.54, 1.807) is 6.07 Å². The van der Waals surface area contributed by atoms with Gasteiger partial charge in [-0.25, -0.2) is 9.97 Å². The molecule has 5 heteroatoms. The summed E-state index contributed by atoms with van der Waals surface area (Å²) in [4.78, 5) is 7.85. The van der Waals surface area contributed by atoms with Gasteiger partial charge in [-0.2, -0.15) is 0 Å². The van der Waals surface area contributed by atoms with Gasteiger partial charge in [0.2, 0.25) is 0 Å². The topological polar surface area (TPSA) is 61.0 Å². The molecule has 0 saturated heterocycles. The number of anilines is 1. The number of ether oxygens (including phenoxy) is 1. The van der Waals surface area contributed by atoms with Crippen molar-refractivity contribution in [2.24, 2.45) is 0 Å². The lowest BCUT2D eigenvalue weighted by molar-refractivity contribution is 0.442. The minimum Gasteiger partial charge on any atom is -0.423 e. The number of aromatic nitrogens is 2. The summed E-state index contributed by atoms with van der Waals surface area (Å²) in [6, 6.07) is 5.71. The summed E-state index contributed by atoms with van der Waals surface area (Å²) >= 11 is 5.97. The fraction of sp³-hybridized carbons (Fsp3) is 0.0909. The maximum absolute atomic E-state index is 5.97. The molecule has 4 nitrogen and oxygen atoms in total. The molecule has 2 rings (SSSR count). The molecule has 2 aromatic rings. The van der Waals surface area contributed by atoms with Crippen molar-refractivity contribution in [3.8, 4) is 11.8 Å². The summed E-state index contributed by atoms with van der Waals surface area (Å²) in [6.45, 7) is 1.95. The number of hydrogen-bond acceptors (Lipinski definition) is 4. The largest absolute Gasteiger partial charge is 0.423 e. The molecule has 0 atom stereocenters. The van der Waals surface area contributed by atoms with Gasteiger partial charge in [-0.1, -0.05) is 17.7 Å². The van der Waals surface area contributed by atoms with E-state index >= 15 is 0 Å². The predicted molar refractivity (Wildman–Crippen MR) is 62.7 cm³/mol. The zero-order valence-electron chi connectivity index (χ0n) is 8.64. The van der Waals surface area contributed by atoms with Gasteiger partial charge in [0, 0.05) is 0 Å². The van der Waals surface area contributed by atoms with Crippen molar-refractivity contribution >= 4 is 17.3 Å². The maximum atomic E-state index is 5.97. The maximum Gasteiger partial charge on any atom is 0.322 e. The Kier molecular flexibility index (Phi) is 2.92. The second-order valence-corrected chi connectivity index (χ2v) is 3.74. The second-order valence-electron chi connectivity index (χ2n) is 3.33. The van der Waals surface area contributed by atoms with Gasteiger partial charge in [0.1, 0.15) is 5.75 Å². The molecule has 0 aliphatic carbocycles. The number of hydrogen-bond donors (Lipinski definition) is 1. The van der Waals surface area contributed by atoms with Crippen LogP contribution >= 0.6 is 11.6 Å². The molecule has 16 heavy (non-hydrogen) atoms. The van der Waals surface area contributed by atoms with Gasteiger partial charge in [0.25, 0.3) is 0 Å². The minimum absolute atomic E-state index is 0.224. The minimum atomic E-state index is 0.224. The molecule has 0 aliphatic rings. The Morgan fingerprint density at radius 3 is 2.62 bits per heavy atom. The predicted octanol–water partition coefficient (Wildman–Crippen LogP) is 2.81. The van der Waals surface area contributed by atoms with E-state index in [2.05, 4.69) is 9.97 Å². The van der Waals surface area contributed by atoms with Crippen molar-refractivity contribution < 1.29 is 4.74 Å². The van der Waals surface area contributed by atoms with E-state index in [1.165, 1.54) is 12.4 Å². The lowest BCUT2D eigenvalue weighted by Crippen LogP contribution is -1.94. The van der Waals surface area contributed by atoms with Crippen LogP contribution in [0.3, 0.4) is 0 Å². The molecule has 1 aromatic carbocycles. The van der Waals surface area contributed by atoms with Gasteiger partial charge in [-0.3, -0.25) is 0 Å². The Hall–Kier alpha value is -1.81. The van der Waals surface area contributed by atoms with E-state index in [4.69, 9.17) is 22.1 Å². The SMILES string of the molecule is Cc1ccc(Cl)c(Oc2ncc(N)cn2)c1. The number of aryl methyl sites for hydroxylation is 1. The first kappa shape index (κ1) is 10.7. The Morgan fingerprint density at radius 1 is 1.25 bits per heavy atom. The van der Waals surface area contributed by atoms with Crippen LogP contribution in [-0.2, 0) is 0 Å². The summed E-state index contributed by atoms with van der Waals surface area (Å²) in [7, 11) is 0. The Balaban J connectivity index is 2.26. The molecule has 0 radical (unpaired) electrons. The van der Waals surface area contributed by atoms with Crippen molar-refractivity contribution in [1.29, 1.82) is 0 Å². The van der Waals surface area contributed by atoms with Gasteiger partial charge in [0.05, 0.1) is 23.1 Å². The molecular formula is C11H10ClN3O. The summed E-state index contributed by atoms with van der Waals surface area (Å²) in [6.07, 6.45) is 2.96. The smallest absolute Gasteiger partial charge is 0.322 e. The van der Waals surface area contributed by atoms with Crippen LogP contribution in [0.2, 0.25) is 5.02 Å². The van der Waals surface area contributed by atoms with E-state index < -0.39 is 0 Å². The van der Waals surface area contributed by atoms with Gasteiger partial charge < -0.3 is 10.5 Å². The zero-order valence-corrected chi connectivity index (χ0v) is 9.40. The van der Waals surface area contributed by atoms with Crippen LogP contribution in [0.4, 0.5) is 5.69 Å². The number of nitrogens with two attached hydrogens (primary N) is 1. The van der Waals surface area contributed by atoms with Crippen LogP contribution < -0.4 is 10.5 Å². The number of rotatable bonds is 2. The summed E-state index contributed by atoms with van der Waals surface area (Å²) < 4.78 is 5.44. The van der Waals surface area contributed by atoms with E-state index in [0.29, 0.717) is 16.5 Å². The van der Waals surface area contributed by atoms with Crippen molar-refractivity contribution in [1.82, 2.24) is 9.97 Å². The van der Waals surface area contributed by atoms with E-state index in [0.717, 1.165) is 5.56 Å². The molecule has 0 unspecified atom stereocenters. The molecule has 0 saturated carbocycles. The summed E-state index contributed by atoms with van der Waals surface area (Å²) in [5.41, 5.74) is 7.01. The lowest BCUT2D eigenvalue weighted by Gasteiger charge is -2.06. The monoisotopic (exact) mass is 235 g/mol. The molecular weight excluding hydrogens is 226 g/mol. The Labute approximate surface area is 98.0 Å². The number of benzene rings is 1. The second kappa shape index (κ2) is 4.37. The highest BCUT2D eigenvalue weighted by Crippen LogP contribution is 2.28. The Morgan fingerprint density at radius 2 is 1.94 bits per heavy atom. The van der Waals surface area contributed by atoms with Gasteiger partial charge in [-0.15, -0.1) is 0 Å². The standard InChI is InChI=1S/C11H10ClN3O/c1-7-2-3-9(12)10(4-7)16-11-14-5-8(13)6-15-11/h2-6H,13H2,1H3. The van der Waals surface area contributed by atoms with Crippen molar-refractivity contribution in [3.05, 3.63) is 41.2 Å². The molecule has 82 valence electrons. The molecule has 0 aliphatic heterocycles. The van der Waals surface area contributed by atoms with Crippen LogP contribution in [-0.4, -0.2) is 9.97 Å². The highest BCUT2D eigenvalue weighted by molar-refractivity contribution is 6.32. The first-order valence-corrected chi connectivity index (χ1v) is 5.04. The highest BCUT2D eigenvalue weighted by atomic mass is 35.5. The lowest BCUT2D eigenvalue weighted by atomic mass is 10.2. The zero-order chi connectivity index (χ0) is 11.5. The third-order valence-electron chi connectivity index (χ3n) is 1.94. The molecule has 2 N–H and O–H groups in total. The fourth-order valence-corrected chi connectivity index (χ4v) is 1.32. The highest BCUT2D eigenvalue weighted by Gasteiger charge is 2.05. The first-order valence-electron chi connectivity index (χ1n) is 4.66. The molecule has 0 amide bonds. The molecule has 0 spiro atoms. The third kappa shape index (κ3) is 2.41. The van der Waals surface area contributed by atoms with Crippen LogP contribution in [0.15, 0.2) is 30.6 Å². The van der Waals surface area contributed by atoms with Crippen molar-refractivity contribution in [3.63, 3.8) is 0 Å². The molecule has 0 bridgehead atoms. The molecule has 0 fully saturated rings. The normalized spacial score (nSPS) is 10.1. The van der Waals surface area contributed by atoms with Crippen LogP contribution in [0.25, 0.3) is 0 Å². The quantitative estimate of drug-likeness (QED) is 0.870. The average molecular weight is 236 g/mol. The fourth-order valence-electron chi connectivity index (χ4n) is 1.17. The van der Waals surface area contributed by atoms with Gasteiger partial charge >= 0.3 is 6.01 Å². The van der Waals surface area contributed by atoms with Crippen LogP contribution in [0.1, 0.15) is 5.56 Å². The third-order valence-corrected chi connectivity index (χ3v) is 2.25. The Bertz CT molecular complexity index is 499. The van der Waals surface area contributed by atoms with E-state index in [9.17, 15) is 0 Å². The number of halogens is 1. The first-order chi connectivity index (χ1) is 7.65. The van der Waals surface area contributed by atoms with Crippen LogP contribution in [0, 0.1) is 6.92 Å². The number of nitrogen functional groups attached to an aromatic ring is 1. The average Bonchev–Trinajstić information content (AvgIpc) is 2.27. The van der Waals surface area contributed by atoms with Crippen LogP contribution in [0.5, 0.6) is 11.8 Å².